The summed E-state index contributed by atoms with van der Waals surface area (Å²) in [5, 5.41) is 6.44. The van der Waals surface area contributed by atoms with Crippen molar-refractivity contribution in [3.05, 3.63) is 102 Å². The van der Waals surface area contributed by atoms with E-state index < -0.39 is 0 Å². The predicted molar refractivity (Wildman–Crippen MR) is 143 cm³/mol. The van der Waals surface area contributed by atoms with E-state index in [1.807, 2.05) is 50.2 Å². The molecule has 0 saturated carbocycles. The molecule has 6 heteroatoms. The number of ether oxygens (including phenoxy) is 3. The average Bonchev–Trinajstić information content (AvgIpc) is 2.92. The van der Waals surface area contributed by atoms with Gasteiger partial charge in [0.25, 0.3) is 5.91 Å². The van der Waals surface area contributed by atoms with Crippen LogP contribution in [0.15, 0.2) is 90.0 Å². The average molecular weight is 483 g/mol. The highest BCUT2D eigenvalue weighted by atomic mass is 16.5. The molecule has 0 aromatic heterocycles. The van der Waals surface area contributed by atoms with E-state index in [0.717, 1.165) is 23.3 Å². The Morgan fingerprint density at radius 1 is 0.861 bits per heavy atom. The molecule has 0 aliphatic carbocycles. The van der Waals surface area contributed by atoms with Crippen molar-refractivity contribution in [2.24, 2.45) is 5.10 Å². The van der Waals surface area contributed by atoms with E-state index in [1.165, 1.54) is 10.8 Å². The zero-order chi connectivity index (χ0) is 25.2. The highest BCUT2D eigenvalue weighted by Crippen LogP contribution is 2.30. The third kappa shape index (κ3) is 6.42. The number of carbonyl (C=O) groups is 1. The lowest BCUT2D eigenvalue weighted by Gasteiger charge is -2.13. The second kappa shape index (κ2) is 12.4. The van der Waals surface area contributed by atoms with Crippen molar-refractivity contribution in [2.75, 3.05) is 13.2 Å². The van der Waals surface area contributed by atoms with Crippen LogP contribution >= 0.6 is 0 Å². The van der Waals surface area contributed by atoms with Gasteiger partial charge in [-0.05, 0) is 77.7 Å². The number of rotatable bonds is 11. The first-order valence-electron chi connectivity index (χ1n) is 12.1. The molecular weight excluding hydrogens is 452 g/mol. The van der Waals surface area contributed by atoms with Gasteiger partial charge in [0.15, 0.2) is 11.5 Å². The lowest BCUT2D eigenvalue weighted by Crippen LogP contribution is -2.17. The number of hydrogen-bond acceptors (Lipinski definition) is 5. The highest BCUT2D eigenvalue weighted by Gasteiger charge is 2.09. The summed E-state index contributed by atoms with van der Waals surface area (Å²) in [4.78, 5) is 12.4. The summed E-state index contributed by atoms with van der Waals surface area (Å²) in [6.07, 6.45) is 2.51. The maximum atomic E-state index is 12.4. The number of fused-ring (bicyclic) bond motifs is 1. The van der Waals surface area contributed by atoms with Crippen LogP contribution in [0.25, 0.3) is 10.8 Å². The van der Waals surface area contributed by atoms with Crippen molar-refractivity contribution in [3.63, 3.8) is 0 Å². The Morgan fingerprint density at radius 2 is 1.67 bits per heavy atom. The van der Waals surface area contributed by atoms with Gasteiger partial charge in [-0.1, -0.05) is 49.4 Å². The van der Waals surface area contributed by atoms with Gasteiger partial charge < -0.3 is 14.2 Å². The minimum atomic E-state index is -0.298. The van der Waals surface area contributed by atoms with Gasteiger partial charge in [0.05, 0.1) is 19.4 Å². The Hall–Kier alpha value is -4.32. The summed E-state index contributed by atoms with van der Waals surface area (Å²) in [5.74, 6) is 1.71. The predicted octanol–water partition coefficient (Wildman–Crippen LogP) is 6.37. The maximum Gasteiger partial charge on any atom is 0.271 e. The van der Waals surface area contributed by atoms with Crippen molar-refractivity contribution in [1.82, 2.24) is 5.43 Å². The molecule has 1 amide bonds. The van der Waals surface area contributed by atoms with Crippen molar-refractivity contribution in [3.8, 4) is 17.2 Å². The molecule has 0 heterocycles. The molecule has 1 N–H and O–H groups in total. The first-order chi connectivity index (χ1) is 17.7. The topological polar surface area (TPSA) is 69.2 Å². The van der Waals surface area contributed by atoms with Gasteiger partial charge in [0.1, 0.15) is 12.4 Å². The van der Waals surface area contributed by atoms with Crippen LogP contribution in [0.4, 0.5) is 0 Å². The zero-order valence-electron chi connectivity index (χ0n) is 20.6. The monoisotopic (exact) mass is 482 g/mol. The lowest BCUT2D eigenvalue weighted by atomic mass is 10.1. The number of hydrazone groups is 1. The van der Waals surface area contributed by atoms with Gasteiger partial charge in [0, 0.05) is 5.56 Å². The molecule has 0 fully saturated rings. The van der Waals surface area contributed by atoms with Crippen molar-refractivity contribution < 1.29 is 19.0 Å². The second-order valence-corrected chi connectivity index (χ2v) is 8.14. The number of nitrogens with one attached hydrogen (secondary N) is 1. The van der Waals surface area contributed by atoms with Crippen LogP contribution in [0.3, 0.4) is 0 Å². The summed E-state index contributed by atoms with van der Waals surface area (Å²) < 4.78 is 17.5. The van der Waals surface area contributed by atoms with E-state index in [4.69, 9.17) is 14.2 Å². The fourth-order valence-corrected chi connectivity index (χ4v) is 3.72. The molecule has 0 aliphatic rings. The van der Waals surface area contributed by atoms with Gasteiger partial charge in [-0.25, -0.2) is 5.43 Å². The van der Waals surface area contributed by atoms with Gasteiger partial charge in [0.2, 0.25) is 0 Å². The fraction of sp³-hybridized carbons (Fsp3) is 0.200. The van der Waals surface area contributed by atoms with Crippen LogP contribution in [0, 0.1) is 0 Å². The molecule has 0 radical (unpaired) electrons. The summed E-state index contributed by atoms with van der Waals surface area (Å²) in [6.45, 7) is 5.54. The summed E-state index contributed by atoms with van der Waals surface area (Å²) in [7, 11) is 0. The van der Waals surface area contributed by atoms with Gasteiger partial charge in [-0.2, -0.15) is 5.10 Å². The quantitative estimate of drug-likeness (QED) is 0.199. The van der Waals surface area contributed by atoms with Crippen LogP contribution in [-0.4, -0.2) is 25.3 Å². The molecule has 0 atom stereocenters. The molecule has 4 rings (SSSR count). The normalized spacial score (nSPS) is 10.9. The molecule has 184 valence electrons. The van der Waals surface area contributed by atoms with E-state index in [2.05, 4.69) is 34.8 Å². The third-order valence-electron chi connectivity index (χ3n) is 5.50. The standard InChI is InChI=1S/C30H30N2O4/c1-3-18-35-26-15-13-24(14-16-26)30(33)32-31-20-22-12-17-28(29(19-22)34-4-2)36-21-25-10-7-9-23-8-5-6-11-27(23)25/h5-17,19-20H,3-4,18,21H2,1-2H3,(H,32,33)/b31-20-. The number of benzene rings is 4. The zero-order valence-corrected chi connectivity index (χ0v) is 20.6. The Bertz CT molecular complexity index is 1330. The number of hydrogen-bond donors (Lipinski definition) is 1. The summed E-state index contributed by atoms with van der Waals surface area (Å²) >= 11 is 0. The second-order valence-electron chi connectivity index (χ2n) is 8.14. The molecule has 4 aromatic carbocycles. The SMILES string of the molecule is CCCOc1ccc(C(=O)N/N=C\c2ccc(OCc3cccc4ccccc34)c(OCC)c2)cc1. The van der Waals surface area contributed by atoms with Crippen LogP contribution < -0.4 is 19.6 Å². The Kier molecular flexibility index (Phi) is 8.54. The van der Waals surface area contributed by atoms with Gasteiger partial charge in [-0.3, -0.25) is 4.79 Å². The summed E-state index contributed by atoms with van der Waals surface area (Å²) in [5.41, 5.74) is 4.94. The minimum Gasteiger partial charge on any atom is -0.494 e. The smallest absolute Gasteiger partial charge is 0.271 e. The first kappa shape index (κ1) is 24.8. The highest BCUT2D eigenvalue weighted by molar-refractivity contribution is 5.95. The number of amides is 1. The molecule has 0 saturated heterocycles. The minimum absolute atomic E-state index is 0.298. The van der Waals surface area contributed by atoms with Crippen LogP contribution in [-0.2, 0) is 6.61 Å². The first-order valence-corrected chi connectivity index (χ1v) is 12.1. The van der Waals surface area contributed by atoms with E-state index in [-0.39, 0.29) is 5.91 Å². The molecule has 0 spiro atoms. The van der Waals surface area contributed by atoms with E-state index in [1.54, 1.807) is 30.5 Å². The third-order valence-corrected chi connectivity index (χ3v) is 5.50. The Morgan fingerprint density at radius 3 is 2.47 bits per heavy atom. The van der Waals surface area contributed by atoms with Gasteiger partial charge >= 0.3 is 0 Å². The van der Waals surface area contributed by atoms with Crippen LogP contribution in [0.1, 0.15) is 41.8 Å². The van der Waals surface area contributed by atoms with Crippen molar-refractivity contribution in [2.45, 2.75) is 26.9 Å². The molecule has 0 unspecified atom stereocenters. The van der Waals surface area contributed by atoms with Crippen molar-refractivity contribution in [1.29, 1.82) is 0 Å². The maximum absolute atomic E-state index is 12.4. The number of carbonyl (C=O) groups excluding carboxylic acids is 1. The van der Waals surface area contributed by atoms with E-state index in [0.29, 0.717) is 36.9 Å². The lowest BCUT2D eigenvalue weighted by molar-refractivity contribution is 0.0955. The summed E-state index contributed by atoms with van der Waals surface area (Å²) in [6, 6.07) is 27.0. The largest absolute Gasteiger partial charge is 0.494 e. The number of nitrogens with zero attached hydrogens (tertiary/aromatic N) is 1. The van der Waals surface area contributed by atoms with Crippen LogP contribution in [0.2, 0.25) is 0 Å². The van der Waals surface area contributed by atoms with Crippen molar-refractivity contribution >= 4 is 22.9 Å². The van der Waals surface area contributed by atoms with E-state index in [9.17, 15) is 4.79 Å². The molecule has 4 aromatic rings. The van der Waals surface area contributed by atoms with Crippen LogP contribution in [0.5, 0.6) is 17.2 Å². The molecule has 0 bridgehead atoms. The molecule has 36 heavy (non-hydrogen) atoms. The fourth-order valence-electron chi connectivity index (χ4n) is 3.72. The molecule has 0 aliphatic heterocycles. The Labute approximate surface area is 211 Å². The van der Waals surface area contributed by atoms with Gasteiger partial charge in [-0.15, -0.1) is 0 Å². The Balaban J connectivity index is 1.40. The molecule has 6 nitrogen and oxygen atoms in total. The van der Waals surface area contributed by atoms with E-state index >= 15 is 0 Å². The molecular formula is C30H30N2O4.